The lowest BCUT2D eigenvalue weighted by molar-refractivity contribution is 0.0513. The van der Waals surface area contributed by atoms with E-state index in [-0.39, 0.29) is 17.9 Å². The van der Waals surface area contributed by atoms with Crippen LogP contribution in [0.25, 0.3) is 0 Å². The minimum Gasteiger partial charge on any atom is -0.461 e. The van der Waals surface area contributed by atoms with Gasteiger partial charge in [0.15, 0.2) is 0 Å². The van der Waals surface area contributed by atoms with Crippen LogP contribution in [0.3, 0.4) is 0 Å². The van der Waals surface area contributed by atoms with Gasteiger partial charge in [-0.1, -0.05) is 49.6 Å². The highest BCUT2D eigenvalue weighted by atomic mass is 16.5. The number of amides is 1. The Hall–Kier alpha value is -2.56. The van der Waals surface area contributed by atoms with Crippen LogP contribution in [0.15, 0.2) is 30.3 Å². The van der Waals surface area contributed by atoms with E-state index in [1.54, 1.807) is 6.92 Å². The van der Waals surface area contributed by atoms with E-state index in [0.29, 0.717) is 30.0 Å². The second kappa shape index (κ2) is 9.09. The molecule has 0 atom stereocenters. The fourth-order valence-electron chi connectivity index (χ4n) is 4.16. The van der Waals surface area contributed by atoms with Crippen molar-refractivity contribution in [3.05, 3.63) is 58.4 Å². The predicted octanol–water partition coefficient (Wildman–Crippen LogP) is 4.39. The lowest BCUT2D eigenvalue weighted by Gasteiger charge is -2.23. The zero-order valence-electron chi connectivity index (χ0n) is 17.1. The number of hydrogen-bond acceptors (Lipinski definition) is 3. The van der Waals surface area contributed by atoms with Crippen LogP contribution in [-0.4, -0.2) is 29.1 Å². The molecule has 28 heavy (non-hydrogen) atoms. The Morgan fingerprint density at radius 2 is 1.79 bits per heavy atom. The second-order valence-electron chi connectivity index (χ2n) is 7.53. The molecule has 5 nitrogen and oxygen atoms in total. The molecular weight excluding hydrogens is 352 g/mol. The third-order valence-corrected chi connectivity index (χ3v) is 5.59. The van der Waals surface area contributed by atoms with Crippen molar-refractivity contribution in [2.75, 3.05) is 6.61 Å². The van der Waals surface area contributed by atoms with Gasteiger partial charge in [0.1, 0.15) is 5.69 Å². The van der Waals surface area contributed by atoms with Gasteiger partial charge in [-0.15, -0.1) is 0 Å². The molecule has 1 N–H and O–H groups in total. The largest absolute Gasteiger partial charge is 0.461 e. The number of rotatable bonds is 6. The molecule has 1 aromatic carbocycles. The Bertz CT molecular complexity index is 833. The first-order valence-corrected chi connectivity index (χ1v) is 10.2. The molecule has 0 aliphatic heterocycles. The van der Waals surface area contributed by atoms with Gasteiger partial charge in [-0.25, -0.2) is 4.79 Å². The maximum atomic E-state index is 13.1. The second-order valence-corrected chi connectivity index (χ2v) is 7.53. The van der Waals surface area contributed by atoms with Crippen molar-refractivity contribution in [3.8, 4) is 0 Å². The van der Waals surface area contributed by atoms with Crippen LogP contribution in [0.4, 0.5) is 0 Å². The molecule has 0 spiro atoms. The summed E-state index contributed by atoms with van der Waals surface area (Å²) in [6, 6.07) is 10.2. The van der Waals surface area contributed by atoms with Gasteiger partial charge < -0.3 is 14.6 Å². The van der Waals surface area contributed by atoms with Crippen molar-refractivity contribution in [2.24, 2.45) is 0 Å². The van der Waals surface area contributed by atoms with E-state index >= 15 is 0 Å². The summed E-state index contributed by atoms with van der Waals surface area (Å²) in [5.74, 6) is -0.463. The Balaban J connectivity index is 1.96. The molecule has 150 valence electrons. The Morgan fingerprint density at radius 1 is 1.11 bits per heavy atom. The highest BCUT2D eigenvalue weighted by molar-refractivity contribution is 6.01. The van der Waals surface area contributed by atoms with Gasteiger partial charge in [-0.2, -0.15) is 0 Å². The first-order chi connectivity index (χ1) is 13.5. The molecular formula is C23H30N2O3. The number of nitrogens with zero attached hydrogens (tertiary/aromatic N) is 1. The average Bonchev–Trinajstić information content (AvgIpc) is 2.93. The van der Waals surface area contributed by atoms with Crippen molar-refractivity contribution >= 4 is 11.9 Å². The van der Waals surface area contributed by atoms with Gasteiger partial charge in [0.2, 0.25) is 0 Å². The van der Waals surface area contributed by atoms with Crippen molar-refractivity contribution in [1.82, 2.24) is 9.88 Å². The number of benzene rings is 1. The van der Waals surface area contributed by atoms with E-state index in [9.17, 15) is 9.59 Å². The molecule has 1 fully saturated rings. The van der Waals surface area contributed by atoms with Gasteiger partial charge in [-0.3, -0.25) is 4.79 Å². The molecule has 1 aliphatic carbocycles. The molecule has 1 amide bonds. The van der Waals surface area contributed by atoms with Gasteiger partial charge in [0.05, 0.1) is 12.2 Å². The van der Waals surface area contributed by atoms with Gasteiger partial charge in [0, 0.05) is 18.3 Å². The summed E-state index contributed by atoms with van der Waals surface area (Å²) in [4.78, 5) is 25.8. The molecule has 1 saturated carbocycles. The number of aromatic nitrogens is 1. The molecule has 1 heterocycles. The normalized spacial score (nSPS) is 14.7. The first kappa shape index (κ1) is 20.2. The molecule has 1 aromatic heterocycles. The maximum Gasteiger partial charge on any atom is 0.355 e. The summed E-state index contributed by atoms with van der Waals surface area (Å²) < 4.78 is 7.21. The van der Waals surface area contributed by atoms with Crippen LogP contribution < -0.4 is 5.32 Å². The van der Waals surface area contributed by atoms with E-state index in [4.69, 9.17) is 4.74 Å². The number of esters is 1. The monoisotopic (exact) mass is 382 g/mol. The summed E-state index contributed by atoms with van der Waals surface area (Å²) in [6.45, 7) is 6.38. The van der Waals surface area contributed by atoms with Crippen LogP contribution in [-0.2, 0) is 11.3 Å². The summed E-state index contributed by atoms with van der Waals surface area (Å²) in [5.41, 5.74) is 3.64. The SMILES string of the molecule is CCOC(=O)c1c(C)c(C(=O)NC2CCCCC2)c(C)n1Cc1ccccc1. The molecule has 0 unspecified atom stereocenters. The quantitative estimate of drug-likeness (QED) is 0.754. The summed E-state index contributed by atoms with van der Waals surface area (Å²) >= 11 is 0. The Morgan fingerprint density at radius 3 is 2.43 bits per heavy atom. The number of carbonyl (C=O) groups excluding carboxylic acids is 2. The molecule has 0 bridgehead atoms. The topological polar surface area (TPSA) is 60.3 Å². The number of hydrogen-bond donors (Lipinski definition) is 1. The van der Waals surface area contributed by atoms with Crippen molar-refractivity contribution < 1.29 is 14.3 Å². The van der Waals surface area contributed by atoms with Crippen LogP contribution in [0.2, 0.25) is 0 Å². The maximum absolute atomic E-state index is 13.1. The smallest absolute Gasteiger partial charge is 0.355 e. The highest BCUT2D eigenvalue weighted by Gasteiger charge is 2.28. The summed E-state index contributed by atoms with van der Waals surface area (Å²) in [6.07, 6.45) is 5.61. The third-order valence-electron chi connectivity index (χ3n) is 5.59. The average molecular weight is 383 g/mol. The molecule has 2 aromatic rings. The molecule has 3 rings (SSSR count). The minimum atomic E-state index is -0.379. The van der Waals surface area contributed by atoms with E-state index in [2.05, 4.69) is 5.32 Å². The van der Waals surface area contributed by atoms with Gasteiger partial charge in [0.25, 0.3) is 5.91 Å². The summed E-state index contributed by atoms with van der Waals surface area (Å²) in [7, 11) is 0. The standard InChI is InChI=1S/C23H30N2O3/c1-4-28-23(27)21-16(2)20(22(26)24-19-13-9-6-10-14-19)17(3)25(21)15-18-11-7-5-8-12-18/h5,7-8,11-12,19H,4,6,9-10,13-15H2,1-3H3,(H,24,26). The lowest BCUT2D eigenvalue weighted by Crippen LogP contribution is -2.36. The van der Waals surface area contributed by atoms with E-state index in [1.165, 1.54) is 6.42 Å². The fourth-order valence-corrected chi connectivity index (χ4v) is 4.16. The van der Waals surface area contributed by atoms with Crippen LogP contribution in [0.5, 0.6) is 0 Å². The van der Waals surface area contributed by atoms with Crippen molar-refractivity contribution in [1.29, 1.82) is 0 Å². The van der Waals surface area contributed by atoms with Gasteiger partial charge >= 0.3 is 5.97 Å². The van der Waals surface area contributed by atoms with Gasteiger partial charge in [-0.05, 0) is 44.7 Å². The molecule has 0 radical (unpaired) electrons. The number of nitrogens with one attached hydrogen (secondary N) is 1. The Kier molecular flexibility index (Phi) is 6.55. The molecule has 5 heteroatoms. The van der Waals surface area contributed by atoms with E-state index in [1.807, 2.05) is 48.7 Å². The fraction of sp³-hybridized carbons (Fsp3) is 0.478. The molecule has 0 saturated heterocycles. The van der Waals surface area contributed by atoms with Crippen LogP contribution >= 0.6 is 0 Å². The zero-order chi connectivity index (χ0) is 20.1. The van der Waals surface area contributed by atoms with E-state index < -0.39 is 0 Å². The van der Waals surface area contributed by atoms with Crippen molar-refractivity contribution in [2.45, 2.75) is 65.5 Å². The first-order valence-electron chi connectivity index (χ1n) is 10.2. The van der Waals surface area contributed by atoms with Crippen LogP contribution in [0, 0.1) is 13.8 Å². The Labute approximate surface area is 167 Å². The number of ether oxygens (including phenoxy) is 1. The third kappa shape index (κ3) is 4.29. The minimum absolute atomic E-state index is 0.0840. The van der Waals surface area contributed by atoms with E-state index in [0.717, 1.165) is 36.9 Å². The van der Waals surface area contributed by atoms with Crippen molar-refractivity contribution in [3.63, 3.8) is 0 Å². The molecule has 1 aliphatic rings. The van der Waals surface area contributed by atoms with Crippen LogP contribution in [0.1, 0.15) is 76.7 Å². The predicted molar refractivity (Wildman–Crippen MR) is 110 cm³/mol. The zero-order valence-corrected chi connectivity index (χ0v) is 17.1. The number of carbonyl (C=O) groups is 2. The highest BCUT2D eigenvalue weighted by Crippen LogP contribution is 2.26. The lowest BCUT2D eigenvalue weighted by atomic mass is 9.95. The summed E-state index contributed by atoms with van der Waals surface area (Å²) in [5, 5.41) is 3.19.